The number of aromatic nitrogens is 1. The Hall–Kier alpha value is -3.09. The first-order valence-electron chi connectivity index (χ1n) is 14.8. The van der Waals surface area contributed by atoms with Crippen LogP contribution in [0.5, 0.6) is 0 Å². The number of oxime groups is 1. The molecule has 4 aliphatic rings. The number of esters is 1. The normalized spacial score (nSPS) is 44.4. The lowest BCUT2D eigenvalue weighted by Crippen LogP contribution is -2.80. The average Bonchev–Trinajstić information content (AvgIpc) is 3.56. The fourth-order valence-electron chi connectivity index (χ4n) is 8.49. The van der Waals surface area contributed by atoms with Gasteiger partial charge in [-0.15, -0.1) is 0 Å². The summed E-state index contributed by atoms with van der Waals surface area (Å²) < 4.78 is 12.3. The molecule has 0 unspecified atom stereocenters. The number of carbonyl (C=O) groups is 2. The van der Waals surface area contributed by atoms with Crippen LogP contribution in [0.1, 0.15) is 69.9 Å². The molecule has 11 nitrogen and oxygen atoms in total. The van der Waals surface area contributed by atoms with Gasteiger partial charge in [-0.1, -0.05) is 63.2 Å². The molecule has 1 aromatic carbocycles. The Balaban J connectivity index is 1.63. The van der Waals surface area contributed by atoms with Crippen molar-refractivity contribution in [1.29, 1.82) is 0 Å². The van der Waals surface area contributed by atoms with Gasteiger partial charge in [-0.05, 0) is 49.3 Å². The molecule has 232 valence electrons. The summed E-state index contributed by atoms with van der Waals surface area (Å²) >= 11 is 0. The van der Waals surface area contributed by atoms with Crippen LogP contribution in [0, 0.1) is 22.7 Å². The summed E-state index contributed by atoms with van der Waals surface area (Å²) in [6.45, 7) is 8.00. The fourth-order valence-corrected chi connectivity index (χ4v) is 8.49. The van der Waals surface area contributed by atoms with E-state index >= 15 is 0 Å². The smallest absolute Gasteiger partial charge is 0.355 e. The minimum absolute atomic E-state index is 0.00866. The average molecular weight is 597 g/mol. The number of nitrogens with zero attached hydrogens (tertiary/aromatic N) is 1. The highest BCUT2D eigenvalue weighted by Crippen LogP contribution is 2.74. The molecule has 2 saturated carbocycles. The number of carbonyl (C=O) groups excluding carboxylic acids is 2. The number of hydrogen-bond acceptors (Lipinski definition) is 10. The Labute approximate surface area is 249 Å². The van der Waals surface area contributed by atoms with Crippen LogP contribution in [0.2, 0.25) is 0 Å². The van der Waals surface area contributed by atoms with Gasteiger partial charge in [-0.3, -0.25) is 4.79 Å². The number of H-pyrrole nitrogens is 1. The number of Topliss-reactive ketones (excluding diaryl/α,β-unsaturated/α-hetero) is 1. The summed E-state index contributed by atoms with van der Waals surface area (Å²) in [7, 11) is 0. The topological polar surface area (TPSA) is 171 Å². The Bertz CT molecular complexity index is 1460. The van der Waals surface area contributed by atoms with Crippen LogP contribution in [-0.2, 0) is 25.7 Å². The fraction of sp³-hybridized carbons (Fsp3) is 0.594. The maximum atomic E-state index is 14.9. The molecule has 1 spiro atoms. The lowest BCUT2D eigenvalue weighted by atomic mass is 9.48. The van der Waals surface area contributed by atoms with Crippen molar-refractivity contribution >= 4 is 17.5 Å². The van der Waals surface area contributed by atoms with Crippen LogP contribution in [-0.4, -0.2) is 77.7 Å². The zero-order valence-electron chi connectivity index (χ0n) is 25.0. The van der Waals surface area contributed by atoms with E-state index in [-0.39, 0.29) is 30.9 Å². The standard InChI is InChI=1S/C32H40N2O9/c1-18(2)31(40)24(42-25(36)21-12-9-15-33-21)22(34-41-16-20-10-7-6-8-11-20)27(4)17-30(39)28(31,5)26(37)32(43-30)23(35)19(3)13-14-29(27,32)38/h6-12,15,18-19,23-24,33,35,38-40H,13-14,16-17H2,1-5H3/b34-22-/t19-,23+,24-,27+,28+,29-,30-,31+,32-/m0/s1. The van der Waals surface area contributed by atoms with Crippen molar-refractivity contribution in [2.24, 2.45) is 27.8 Å². The van der Waals surface area contributed by atoms with Crippen molar-refractivity contribution in [3.05, 3.63) is 59.9 Å². The number of hydrogen-bond donors (Lipinski definition) is 5. The van der Waals surface area contributed by atoms with Crippen molar-refractivity contribution in [2.45, 2.75) is 95.3 Å². The van der Waals surface area contributed by atoms with E-state index in [1.807, 2.05) is 30.3 Å². The van der Waals surface area contributed by atoms with Crippen molar-refractivity contribution < 1.29 is 44.3 Å². The third-order valence-corrected chi connectivity index (χ3v) is 11.1. The first kappa shape index (κ1) is 30.0. The van der Waals surface area contributed by atoms with Gasteiger partial charge in [0, 0.05) is 12.6 Å². The molecular weight excluding hydrogens is 556 g/mol. The van der Waals surface area contributed by atoms with E-state index in [1.165, 1.54) is 13.0 Å². The van der Waals surface area contributed by atoms with Gasteiger partial charge < -0.3 is 39.7 Å². The van der Waals surface area contributed by atoms with Crippen LogP contribution in [0.4, 0.5) is 0 Å². The molecule has 0 radical (unpaired) electrons. The van der Waals surface area contributed by atoms with E-state index in [4.69, 9.17) is 14.3 Å². The molecule has 1 aromatic heterocycles. The Kier molecular flexibility index (Phi) is 6.59. The number of nitrogens with one attached hydrogen (secondary N) is 1. The molecule has 4 fully saturated rings. The molecule has 0 amide bonds. The molecule has 2 aromatic rings. The Morgan fingerprint density at radius 1 is 1.14 bits per heavy atom. The van der Waals surface area contributed by atoms with Crippen LogP contribution in [0.15, 0.2) is 53.8 Å². The minimum Gasteiger partial charge on any atom is -0.448 e. The second kappa shape index (κ2) is 9.45. The van der Waals surface area contributed by atoms with Crippen LogP contribution >= 0.6 is 0 Å². The third kappa shape index (κ3) is 3.45. The van der Waals surface area contributed by atoms with E-state index < -0.39 is 69.2 Å². The summed E-state index contributed by atoms with van der Waals surface area (Å²) in [6.07, 6.45) is -1.69. The number of aliphatic hydroxyl groups excluding tert-OH is 1. The highest BCUT2D eigenvalue weighted by atomic mass is 16.7. The number of aromatic amines is 1. The predicted octanol–water partition coefficient (Wildman–Crippen LogP) is 2.48. The van der Waals surface area contributed by atoms with Crippen LogP contribution < -0.4 is 0 Å². The SMILES string of the molecule is CC(C)[C@@]1(O)[C@@H](OC(=O)c2ccc[nH]2)/C(=N/OCc2ccccc2)[C@@]2(C)C[C@]3(O)O[C@]4(C(=O)[C@@]13C)[C@H](O)[C@@H](C)CC[C@@]42O. The van der Waals surface area contributed by atoms with Gasteiger partial charge in [0.2, 0.25) is 0 Å². The molecule has 5 N–H and O–H groups in total. The van der Waals surface area contributed by atoms with Crippen molar-refractivity contribution in [1.82, 2.24) is 4.98 Å². The number of ether oxygens (including phenoxy) is 2. The van der Waals surface area contributed by atoms with Gasteiger partial charge in [0.25, 0.3) is 0 Å². The number of aliphatic hydroxyl groups is 4. The lowest BCUT2D eigenvalue weighted by Gasteiger charge is -2.62. The zero-order chi connectivity index (χ0) is 31.2. The molecule has 3 bridgehead atoms. The summed E-state index contributed by atoms with van der Waals surface area (Å²) in [4.78, 5) is 37.1. The first-order chi connectivity index (χ1) is 20.1. The van der Waals surface area contributed by atoms with Gasteiger partial charge in [0.05, 0.1) is 11.5 Å². The molecule has 11 heteroatoms. The van der Waals surface area contributed by atoms with E-state index in [9.17, 15) is 30.0 Å². The summed E-state index contributed by atoms with van der Waals surface area (Å²) in [6, 6.07) is 12.3. The Morgan fingerprint density at radius 2 is 1.84 bits per heavy atom. The minimum atomic E-state index is -2.38. The van der Waals surface area contributed by atoms with Crippen LogP contribution in [0.3, 0.4) is 0 Å². The molecule has 2 saturated heterocycles. The molecule has 6 rings (SSSR count). The van der Waals surface area contributed by atoms with Crippen molar-refractivity contribution in [2.75, 3.05) is 0 Å². The van der Waals surface area contributed by atoms with Crippen molar-refractivity contribution in [3.63, 3.8) is 0 Å². The monoisotopic (exact) mass is 596 g/mol. The quantitative estimate of drug-likeness (QED) is 0.248. The third-order valence-electron chi connectivity index (χ3n) is 11.1. The van der Waals surface area contributed by atoms with E-state index in [1.54, 1.807) is 40.0 Å². The summed E-state index contributed by atoms with van der Waals surface area (Å²) in [5, 5.41) is 54.3. The van der Waals surface area contributed by atoms with Gasteiger partial charge in [-0.25, -0.2) is 4.79 Å². The van der Waals surface area contributed by atoms with Gasteiger partial charge in [0.1, 0.15) is 34.6 Å². The highest BCUT2D eigenvalue weighted by Gasteiger charge is 2.92. The van der Waals surface area contributed by atoms with Gasteiger partial charge in [0.15, 0.2) is 23.3 Å². The molecule has 43 heavy (non-hydrogen) atoms. The van der Waals surface area contributed by atoms with Gasteiger partial charge >= 0.3 is 5.97 Å². The molecular formula is C32H40N2O9. The maximum absolute atomic E-state index is 14.9. The summed E-state index contributed by atoms with van der Waals surface area (Å²) in [5.41, 5.74) is -9.79. The first-order valence-corrected chi connectivity index (χ1v) is 14.8. The van der Waals surface area contributed by atoms with E-state index in [0.29, 0.717) is 6.42 Å². The largest absolute Gasteiger partial charge is 0.448 e. The molecule has 9 atom stereocenters. The maximum Gasteiger partial charge on any atom is 0.355 e. The zero-order valence-corrected chi connectivity index (χ0v) is 25.0. The number of fused-ring (bicyclic) bond motifs is 2. The number of rotatable bonds is 6. The molecule has 3 heterocycles. The Morgan fingerprint density at radius 3 is 2.47 bits per heavy atom. The van der Waals surface area contributed by atoms with E-state index in [0.717, 1.165) is 5.56 Å². The lowest BCUT2D eigenvalue weighted by molar-refractivity contribution is -0.382. The van der Waals surface area contributed by atoms with E-state index in [2.05, 4.69) is 10.1 Å². The van der Waals surface area contributed by atoms with Gasteiger partial charge in [-0.2, -0.15) is 0 Å². The second-order valence-electron chi connectivity index (χ2n) is 13.5. The molecule has 2 aliphatic heterocycles. The molecule has 2 aliphatic carbocycles. The second-order valence-corrected chi connectivity index (χ2v) is 13.5. The number of ketones is 1. The van der Waals surface area contributed by atoms with Crippen molar-refractivity contribution in [3.8, 4) is 0 Å². The number of benzene rings is 1. The predicted molar refractivity (Wildman–Crippen MR) is 152 cm³/mol. The summed E-state index contributed by atoms with van der Waals surface area (Å²) in [5.74, 6) is -5.37. The highest BCUT2D eigenvalue weighted by molar-refractivity contribution is 6.08. The van der Waals surface area contributed by atoms with Crippen LogP contribution in [0.25, 0.3) is 0 Å².